The summed E-state index contributed by atoms with van der Waals surface area (Å²) >= 11 is 3.16. The van der Waals surface area contributed by atoms with Crippen LogP contribution in [0.3, 0.4) is 0 Å². The molecule has 0 bridgehead atoms. The zero-order chi connectivity index (χ0) is 19.2. The summed E-state index contributed by atoms with van der Waals surface area (Å²) in [6.45, 7) is 3.64. The molecule has 1 saturated carbocycles. The molecular weight excluding hydrogens is 526 g/mol. The molecule has 0 aromatic heterocycles. The van der Waals surface area contributed by atoms with Gasteiger partial charge in [-0.15, -0.1) is 24.0 Å². The minimum Gasteiger partial charge on any atom is -0.357 e. The molecule has 0 radical (unpaired) electrons. The van der Waals surface area contributed by atoms with Gasteiger partial charge in [0.15, 0.2) is 5.96 Å². The predicted molar refractivity (Wildman–Crippen MR) is 122 cm³/mol. The maximum atomic E-state index is 13.7. The van der Waals surface area contributed by atoms with Gasteiger partial charge in [0.1, 0.15) is 5.82 Å². The Morgan fingerprint density at radius 3 is 2.52 bits per heavy atom. The monoisotopic (exact) mass is 554 g/mol. The quantitative estimate of drug-likeness (QED) is 0.318. The number of rotatable bonds is 6. The van der Waals surface area contributed by atoms with E-state index in [0.717, 1.165) is 37.8 Å². The molecule has 1 amide bonds. The van der Waals surface area contributed by atoms with Crippen LogP contribution >= 0.6 is 39.9 Å². The third-order valence-corrected chi connectivity index (χ3v) is 5.41. The average molecular weight is 555 g/mol. The average Bonchev–Trinajstić information content (AvgIpc) is 3.09. The topological polar surface area (TPSA) is 56.7 Å². The highest BCUT2D eigenvalue weighted by molar-refractivity contribution is 14.0. The van der Waals surface area contributed by atoms with Gasteiger partial charge >= 0.3 is 0 Å². The van der Waals surface area contributed by atoms with Crippen molar-refractivity contribution >= 4 is 51.8 Å². The molecule has 0 unspecified atom stereocenters. The Kier molecular flexibility index (Phi) is 10.0. The number of nitrogens with one attached hydrogen (secondary N) is 2. The number of aliphatic imine (C=N–C) groups is 1. The van der Waals surface area contributed by atoms with Crippen molar-refractivity contribution in [3.63, 3.8) is 0 Å². The summed E-state index contributed by atoms with van der Waals surface area (Å²) in [6, 6.07) is 5.00. The lowest BCUT2D eigenvalue weighted by Gasteiger charge is -2.31. The van der Waals surface area contributed by atoms with Crippen LogP contribution in [-0.2, 0) is 11.3 Å². The highest BCUT2D eigenvalue weighted by atomic mass is 127. The van der Waals surface area contributed by atoms with E-state index < -0.39 is 0 Å². The van der Waals surface area contributed by atoms with Crippen LogP contribution in [0.1, 0.15) is 38.2 Å². The van der Waals surface area contributed by atoms with E-state index in [-0.39, 0.29) is 41.1 Å². The minimum absolute atomic E-state index is 0. The molecular formula is C19H29BrFIN4O. The van der Waals surface area contributed by atoms with Gasteiger partial charge in [0.2, 0.25) is 5.91 Å². The normalized spacial score (nSPS) is 15.8. The maximum Gasteiger partial charge on any atom is 0.230 e. The molecule has 0 spiro atoms. The van der Waals surface area contributed by atoms with Crippen molar-refractivity contribution in [1.82, 2.24) is 15.5 Å². The van der Waals surface area contributed by atoms with Crippen molar-refractivity contribution in [2.75, 3.05) is 27.2 Å². The fourth-order valence-electron chi connectivity index (χ4n) is 3.40. The summed E-state index contributed by atoms with van der Waals surface area (Å²) in [5.41, 5.74) is 0.437. The Morgan fingerprint density at radius 1 is 1.30 bits per heavy atom. The predicted octanol–water partition coefficient (Wildman–Crippen LogP) is 3.91. The van der Waals surface area contributed by atoms with Crippen LogP contribution in [0.2, 0.25) is 0 Å². The highest BCUT2D eigenvalue weighted by Crippen LogP contribution is 2.38. The largest absolute Gasteiger partial charge is 0.357 e. The minimum atomic E-state index is -0.358. The van der Waals surface area contributed by atoms with Crippen LogP contribution in [0, 0.1) is 11.2 Å². The van der Waals surface area contributed by atoms with E-state index in [0.29, 0.717) is 23.5 Å². The van der Waals surface area contributed by atoms with E-state index in [4.69, 9.17) is 0 Å². The Bertz CT molecular complexity index is 663. The number of nitrogens with zero attached hydrogens (tertiary/aromatic N) is 2. The smallest absolute Gasteiger partial charge is 0.230 e. The summed E-state index contributed by atoms with van der Waals surface area (Å²) in [5, 5.41) is 6.52. The van der Waals surface area contributed by atoms with Crippen molar-refractivity contribution in [2.45, 2.75) is 39.2 Å². The van der Waals surface area contributed by atoms with Gasteiger partial charge in [-0.2, -0.15) is 0 Å². The molecule has 1 aliphatic rings. The molecule has 152 valence electrons. The third-order valence-electron chi connectivity index (χ3n) is 4.76. The fourth-order valence-corrected chi connectivity index (χ4v) is 3.64. The number of guanidine groups is 1. The van der Waals surface area contributed by atoms with Crippen LogP contribution in [0.15, 0.2) is 27.7 Å². The van der Waals surface area contributed by atoms with Gasteiger partial charge < -0.3 is 15.5 Å². The first-order chi connectivity index (χ1) is 12.4. The van der Waals surface area contributed by atoms with Crippen LogP contribution < -0.4 is 10.6 Å². The van der Waals surface area contributed by atoms with E-state index in [9.17, 15) is 9.18 Å². The molecule has 1 fully saturated rings. The first-order valence-electron chi connectivity index (χ1n) is 9.06. The van der Waals surface area contributed by atoms with Crippen molar-refractivity contribution in [3.05, 3.63) is 34.1 Å². The summed E-state index contributed by atoms with van der Waals surface area (Å²) in [6.07, 6.45) is 3.95. The van der Waals surface area contributed by atoms with E-state index >= 15 is 0 Å². The van der Waals surface area contributed by atoms with Crippen LogP contribution in [-0.4, -0.2) is 44.0 Å². The summed E-state index contributed by atoms with van der Waals surface area (Å²) in [7, 11) is 3.62. The molecule has 0 aliphatic heterocycles. The molecule has 8 heteroatoms. The molecule has 0 saturated heterocycles. The molecule has 0 heterocycles. The molecule has 27 heavy (non-hydrogen) atoms. The van der Waals surface area contributed by atoms with Gasteiger partial charge in [0.25, 0.3) is 0 Å². The summed E-state index contributed by atoms with van der Waals surface area (Å²) in [4.78, 5) is 18.9. The number of hydrogen-bond acceptors (Lipinski definition) is 2. The molecule has 2 rings (SSSR count). The Hall–Kier alpha value is -0.900. The Balaban J connectivity index is 0.00000364. The second-order valence-corrected chi connectivity index (χ2v) is 7.84. The maximum absolute atomic E-state index is 13.7. The van der Waals surface area contributed by atoms with Crippen molar-refractivity contribution in [1.29, 1.82) is 0 Å². The lowest BCUT2D eigenvalue weighted by atomic mass is 9.84. The molecule has 1 aliphatic carbocycles. The van der Waals surface area contributed by atoms with E-state index in [1.54, 1.807) is 11.0 Å². The van der Waals surface area contributed by atoms with Gasteiger partial charge in [-0.05, 0) is 53.4 Å². The summed E-state index contributed by atoms with van der Waals surface area (Å²) in [5.74, 6) is 0.527. The number of carbonyl (C=O) groups excluding carboxylic acids is 1. The number of halogens is 3. The van der Waals surface area contributed by atoms with E-state index in [2.05, 4.69) is 31.6 Å². The Labute approximate surface area is 186 Å². The molecule has 5 nitrogen and oxygen atoms in total. The van der Waals surface area contributed by atoms with Gasteiger partial charge in [-0.1, -0.05) is 18.9 Å². The van der Waals surface area contributed by atoms with Gasteiger partial charge in [-0.3, -0.25) is 4.79 Å². The van der Waals surface area contributed by atoms with Gasteiger partial charge in [-0.25, -0.2) is 9.38 Å². The van der Waals surface area contributed by atoms with Crippen LogP contribution in [0.4, 0.5) is 4.39 Å². The van der Waals surface area contributed by atoms with Gasteiger partial charge in [0, 0.05) is 27.2 Å². The second kappa shape index (κ2) is 11.2. The van der Waals surface area contributed by atoms with E-state index in [1.165, 1.54) is 6.07 Å². The SMILES string of the molecule is CCNC(=NCc1ccc(Br)c(F)c1)NCC1(C(=O)N(C)C)CCCC1.I. The lowest BCUT2D eigenvalue weighted by Crippen LogP contribution is -2.49. The number of benzene rings is 1. The third kappa shape index (κ3) is 6.58. The van der Waals surface area contributed by atoms with E-state index in [1.807, 2.05) is 27.1 Å². The van der Waals surface area contributed by atoms with Crippen molar-refractivity contribution < 1.29 is 9.18 Å². The fraction of sp³-hybridized carbons (Fsp3) is 0.579. The summed E-state index contributed by atoms with van der Waals surface area (Å²) < 4.78 is 14.1. The molecule has 1 aromatic rings. The van der Waals surface area contributed by atoms with Crippen molar-refractivity contribution in [2.24, 2.45) is 10.4 Å². The molecule has 1 aromatic carbocycles. The second-order valence-electron chi connectivity index (χ2n) is 6.98. The standard InChI is InChI=1S/C19H28BrFN4O.HI/c1-4-22-18(23-12-14-7-8-15(20)16(21)11-14)24-13-19(9-5-6-10-19)17(26)25(2)3;/h7-8,11H,4-6,9-10,12-13H2,1-3H3,(H2,22,23,24);1H. The zero-order valence-electron chi connectivity index (χ0n) is 16.1. The number of hydrogen-bond donors (Lipinski definition) is 2. The van der Waals surface area contributed by atoms with Gasteiger partial charge in [0.05, 0.1) is 16.4 Å². The zero-order valence-corrected chi connectivity index (χ0v) is 20.1. The lowest BCUT2D eigenvalue weighted by molar-refractivity contribution is -0.138. The number of carbonyl (C=O) groups is 1. The Morgan fingerprint density at radius 2 is 1.96 bits per heavy atom. The van der Waals surface area contributed by atoms with Crippen molar-refractivity contribution in [3.8, 4) is 0 Å². The number of amides is 1. The molecule has 0 atom stereocenters. The van der Waals surface area contributed by atoms with Crippen LogP contribution in [0.5, 0.6) is 0 Å². The first kappa shape index (κ1) is 24.1. The highest BCUT2D eigenvalue weighted by Gasteiger charge is 2.42. The molecule has 2 N–H and O–H groups in total. The van der Waals surface area contributed by atoms with Crippen LogP contribution in [0.25, 0.3) is 0 Å². The first-order valence-corrected chi connectivity index (χ1v) is 9.85.